The third-order valence-electron chi connectivity index (χ3n) is 4.10. The van der Waals surface area contributed by atoms with Crippen molar-refractivity contribution >= 4 is 22.0 Å². The van der Waals surface area contributed by atoms with Gasteiger partial charge in [0.2, 0.25) is 0 Å². The molecule has 0 fully saturated rings. The number of ether oxygens (including phenoxy) is 2. The lowest BCUT2D eigenvalue weighted by molar-refractivity contribution is 0.315. The highest BCUT2D eigenvalue weighted by Crippen LogP contribution is 2.32. The van der Waals surface area contributed by atoms with Crippen molar-refractivity contribution in [1.29, 1.82) is 0 Å². The van der Waals surface area contributed by atoms with Crippen LogP contribution >= 0.6 is 0 Å². The van der Waals surface area contributed by atoms with E-state index in [-0.39, 0.29) is 0 Å². The van der Waals surface area contributed by atoms with Crippen molar-refractivity contribution in [3.63, 3.8) is 0 Å². The van der Waals surface area contributed by atoms with Crippen LogP contribution in [0.3, 0.4) is 0 Å². The third kappa shape index (κ3) is 2.69. The zero-order valence-corrected chi connectivity index (χ0v) is 14.4. The molecule has 0 aliphatic rings. The molecular weight excluding hydrogens is 318 g/mol. The first-order chi connectivity index (χ1) is 12.2. The fraction of sp³-hybridized carbons (Fsp3) is 0.263. The second kappa shape index (κ2) is 6.12. The van der Waals surface area contributed by atoms with Crippen molar-refractivity contribution in [2.45, 2.75) is 20.3 Å². The van der Waals surface area contributed by atoms with Crippen molar-refractivity contribution in [2.24, 2.45) is 7.05 Å². The number of aromatic nitrogens is 3. The van der Waals surface area contributed by atoms with E-state index in [0.29, 0.717) is 18.4 Å². The van der Waals surface area contributed by atoms with Crippen LogP contribution in [0.1, 0.15) is 19.0 Å². The van der Waals surface area contributed by atoms with E-state index in [1.165, 1.54) is 0 Å². The van der Waals surface area contributed by atoms with Crippen LogP contribution in [0.4, 0.5) is 0 Å². The predicted molar refractivity (Wildman–Crippen MR) is 95.3 cm³/mol. The van der Waals surface area contributed by atoms with Crippen molar-refractivity contribution < 1.29 is 14.0 Å². The second-order valence-corrected chi connectivity index (χ2v) is 5.95. The summed E-state index contributed by atoms with van der Waals surface area (Å²) in [5.74, 6) is 1.47. The number of hydrogen-bond donors (Lipinski definition) is 0. The molecule has 6 nitrogen and oxygen atoms in total. The molecule has 0 amide bonds. The summed E-state index contributed by atoms with van der Waals surface area (Å²) in [6.45, 7) is 4.67. The van der Waals surface area contributed by atoms with Crippen LogP contribution in [-0.2, 0) is 7.05 Å². The van der Waals surface area contributed by atoms with E-state index >= 15 is 0 Å². The fourth-order valence-corrected chi connectivity index (χ4v) is 2.85. The van der Waals surface area contributed by atoms with E-state index in [9.17, 15) is 0 Å². The quantitative estimate of drug-likeness (QED) is 0.532. The smallest absolute Gasteiger partial charge is 0.302 e. The van der Waals surface area contributed by atoms with Crippen molar-refractivity contribution in [3.05, 3.63) is 42.1 Å². The van der Waals surface area contributed by atoms with Crippen LogP contribution in [-0.4, -0.2) is 21.3 Å². The van der Waals surface area contributed by atoms with Gasteiger partial charge in [0, 0.05) is 13.1 Å². The molecule has 4 rings (SSSR count). The summed E-state index contributed by atoms with van der Waals surface area (Å²) in [4.78, 5) is 4.66. The van der Waals surface area contributed by atoms with Gasteiger partial charge in [0.15, 0.2) is 5.58 Å². The van der Waals surface area contributed by atoms with Gasteiger partial charge in [-0.05, 0) is 37.6 Å². The standard InChI is InChI=1S/C19H19N3O3/c1-4-10-23-13-6-5-7-14(11-13)24-19-20-18-15(22(19)3)8-9-16-17(18)12(2)21-25-16/h5-9,11H,4,10H2,1-3H3. The van der Waals surface area contributed by atoms with E-state index in [4.69, 9.17) is 14.0 Å². The Labute approximate surface area is 145 Å². The summed E-state index contributed by atoms with van der Waals surface area (Å²) in [7, 11) is 1.93. The lowest BCUT2D eigenvalue weighted by Gasteiger charge is -2.08. The Morgan fingerprint density at radius 2 is 2.00 bits per heavy atom. The number of hydrogen-bond acceptors (Lipinski definition) is 5. The number of rotatable bonds is 5. The average Bonchev–Trinajstić information content (AvgIpc) is 3.14. The summed E-state index contributed by atoms with van der Waals surface area (Å²) in [5.41, 5.74) is 3.34. The number of imidazole rings is 1. The van der Waals surface area contributed by atoms with Crippen LogP contribution in [0, 0.1) is 6.92 Å². The number of nitrogens with zero attached hydrogens (tertiary/aromatic N) is 3. The molecule has 128 valence electrons. The molecule has 4 aromatic rings. The zero-order chi connectivity index (χ0) is 17.4. The maximum absolute atomic E-state index is 6.00. The highest BCUT2D eigenvalue weighted by Gasteiger charge is 2.16. The molecule has 0 unspecified atom stereocenters. The first-order valence-corrected chi connectivity index (χ1v) is 8.29. The van der Waals surface area contributed by atoms with E-state index < -0.39 is 0 Å². The molecule has 25 heavy (non-hydrogen) atoms. The minimum atomic E-state index is 0.510. The molecule has 0 aliphatic heterocycles. The Hall–Kier alpha value is -3.02. The molecule has 0 bridgehead atoms. The van der Waals surface area contributed by atoms with Crippen LogP contribution in [0.15, 0.2) is 40.9 Å². The Morgan fingerprint density at radius 1 is 1.16 bits per heavy atom. The lowest BCUT2D eigenvalue weighted by atomic mass is 10.2. The van der Waals surface area contributed by atoms with Gasteiger partial charge in [-0.3, -0.25) is 4.57 Å². The largest absolute Gasteiger partial charge is 0.493 e. The molecule has 0 aliphatic carbocycles. The van der Waals surface area contributed by atoms with Gasteiger partial charge in [-0.1, -0.05) is 18.1 Å². The average molecular weight is 337 g/mol. The SMILES string of the molecule is CCCOc1cccc(Oc2nc3c4c(C)noc4ccc3n2C)c1. The van der Waals surface area contributed by atoms with E-state index in [1.807, 2.05) is 54.9 Å². The lowest BCUT2D eigenvalue weighted by Crippen LogP contribution is -1.97. The maximum Gasteiger partial charge on any atom is 0.302 e. The van der Waals surface area contributed by atoms with Gasteiger partial charge >= 0.3 is 6.01 Å². The molecule has 0 spiro atoms. The Balaban J connectivity index is 1.73. The summed E-state index contributed by atoms with van der Waals surface area (Å²) in [6.07, 6.45) is 0.962. The van der Waals surface area contributed by atoms with Gasteiger partial charge in [-0.25, -0.2) is 0 Å². The number of fused-ring (bicyclic) bond motifs is 3. The Kier molecular flexibility index (Phi) is 3.80. The van der Waals surface area contributed by atoms with Crippen molar-refractivity contribution in [2.75, 3.05) is 6.61 Å². The van der Waals surface area contributed by atoms with E-state index in [2.05, 4.69) is 17.1 Å². The van der Waals surface area contributed by atoms with Gasteiger partial charge in [-0.15, -0.1) is 0 Å². The Bertz CT molecular complexity index is 1050. The summed E-state index contributed by atoms with van der Waals surface area (Å²) >= 11 is 0. The second-order valence-electron chi connectivity index (χ2n) is 5.95. The third-order valence-corrected chi connectivity index (χ3v) is 4.10. The molecule has 2 aromatic carbocycles. The normalized spacial score (nSPS) is 11.3. The molecule has 0 saturated heterocycles. The van der Waals surface area contributed by atoms with Gasteiger partial charge in [-0.2, -0.15) is 4.98 Å². The number of benzene rings is 2. The monoisotopic (exact) mass is 337 g/mol. The Morgan fingerprint density at radius 3 is 2.84 bits per heavy atom. The van der Waals surface area contributed by atoms with Gasteiger partial charge in [0.1, 0.15) is 17.0 Å². The van der Waals surface area contributed by atoms with Gasteiger partial charge < -0.3 is 14.0 Å². The highest BCUT2D eigenvalue weighted by molar-refractivity contribution is 6.03. The van der Waals surface area contributed by atoms with E-state index in [1.54, 1.807) is 0 Å². The molecule has 0 atom stereocenters. The molecule has 0 N–H and O–H groups in total. The molecule has 0 saturated carbocycles. The van der Waals surface area contributed by atoms with Crippen LogP contribution < -0.4 is 9.47 Å². The molecule has 2 heterocycles. The van der Waals surface area contributed by atoms with Crippen LogP contribution in [0.5, 0.6) is 17.5 Å². The van der Waals surface area contributed by atoms with Gasteiger partial charge in [0.25, 0.3) is 0 Å². The van der Waals surface area contributed by atoms with Crippen molar-refractivity contribution in [1.82, 2.24) is 14.7 Å². The minimum absolute atomic E-state index is 0.510. The predicted octanol–water partition coefficient (Wildman–Crippen LogP) is 4.60. The first kappa shape index (κ1) is 15.5. The van der Waals surface area contributed by atoms with Crippen molar-refractivity contribution in [3.8, 4) is 17.5 Å². The van der Waals surface area contributed by atoms with Gasteiger partial charge in [0.05, 0.1) is 23.2 Å². The molecule has 0 radical (unpaired) electrons. The first-order valence-electron chi connectivity index (χ1n) is 8.29. The molecular formula is C19H19N3O3. The number of aryl methyl sites for hydroxylation is 2. The summed E-state index contributed by atoms with van der Waals surface area (Å²) < 4.78 is 18.9. The minimum Gasteiger partial charge on any atom is -0.493 e. The highest BCUT2D eigenvalue weighted by atomic mass is 16.5. The maximum atomic E-state index is 6.00. The zero-order valence-electron chi connectivity index (χ0n) is 14.4. The molecule has 6 heteroatoms. The van der Waals surface area contributed by atoms with Crippen LogP contribution in [0.25, 0.3) is 22.0 Å². The summed E-state index contributed by atoms with van der Waals surface area (Å²) in [5, 5.41) is 4.95. The molecule has 2 aromatic heterocycles. The fourth-order valence-electron chi connectivity index (χ4n) is 2.85. The van der Waals surface area contributed by atoms with Crippen LogP contribution in [0.2, 0.25) is 0 Å². The topological polar surface area (TPSA) is 62.3 Å². The van der Waals surface area contributed by atoms with E-state index in [0.717, 1.165) is 39.9 Å². The summed E-state index contributed by atoms with van der Waals surface area (Å²) in [6, 6.07) is 12.0.